The fourth-order valence-electron chi connectivity index (χ4n) is 2.81. The molecule has 0 bridgehead atoms. The lowest BCUT2D eigenvalue weighted by atomic mass is 10.2. The molecule has 1 amide bonds. The molecule has 0 unspecified atom stereocenters. The minimum absolute atomic E-state index is 0.152. The van der Waals surface area contributed by atoms with Gasteiger partial charge in [-0.2, -0.15) is 0 Å². The standard InChI is InChI=1S/C23H21IN2O5S/c1-5-10-31-20-17(24)11-14(12-18(20)29-3)13-19-21(27)26(2)23(32-19)25-16-8-6-15(7-9-16)22(28)30-4/h5-9,11-13H,1,10H2,2-4H3/b19-13-,25-23?. The molecule has 2 aromatic rings. The summed E-state index contributed by atoms with van der Waals surface area (Å²) in [6.45, 7) is 4.03. The number of esters is 1. The third-order valence-electron chi connectivity index (χ3n) is 4.41. The molecule has 0 atom stereocenters. The highest BCUT2D eigenvalue weighted by Crippen LogP contribution is 2.37. The van der Waals surface area contributed by atoms with E-state index >= 15 is 0 Å². The number of hydrogen-bond donors (Lipinski definition) is 0. The van der Waals surface area contributed by atoms with Crippen LogP contribution in [-0.2, 0) is 9.53 Å². The molecule has 7 nitrogen and oxygen atoms in total. The maximum atomic E-state index is 12.8. The van der Waals surface area contributed by atoms with E-state index in [9.17, 15) is 9.59 Å². The van der Waals surface area contributed by atoms with Crippen molar-refractivity contribution in [2.45, 2.75) is 0 Å². The first-order valence-electron chi connectivity index (χ1n) is 9.43. The molecule has 32 heavy (non-hydrogen) atoms. The summed E-state index contributed by atoms with van der Waals surface area (Å²) in [5, 5.41) is 0.541. The maximum Gasteiger partial charge on any atom is 0.337 e. The third-order valence-corrected chi connectivity index (χ3v) is 6.27. The number of amidine groups is 1. The molecule has 3 rings (SSSR count). The second kappa shape index (κ2) is 10.7. The van der Waals surface area contributed by atoms with Gasteiger partial charge in [-0.15, -0.1) is 0 Å². The fraction of sp³-hybridized carbons (Fsp3) is 0.174. The lowest BCUT2D eigenvalue weighted by Gasteiger charge is -2.12. The van der Waals surface area contributed by atoms with Crippen LogP contribution < -0.4 is 9.47 Å². The van der Waals surface area contributed by atoms with Gasteiger partial charge < -0.3 is 14.2 Å². The van der Waals surface area contributed by atoms with Gasteiger partial charge in [0.15, 0.2) is 16.7 Å². The van der Waals surface area contributed by atoms with Gasteiger partial charge in [-0.05, 0) is 82.4 Å². The average Bonchev–Trinajstić information content (AvgIpc) is 3.05. The van der Waals surface area contributed by atoms with E-state index < -0.39 is 5.97 Å². The number of rotatable bonds is 7. The summed E-state index contributed by atoms with van der Waals surface area (Å²) in [5.74, 6) is 0.646. The van der Waals surface area contributed by atoms with Crippen LogP contribution >= 0.6 is 34.4 Å². The predicted octanol–water partition coefficient (Wildman–Crippen LogP) is 4.89. The number of amides is 1. The average molecular weight is 564 g/mol. The fourth-order valence-corrected chi connectivity index (χ4v) is 4.58. The molecule has 1 heterocycles. The van der Waals surface area contributed by atoms with E-state index in [4.69, 9.17) is 14.2 Å². The molecule has 1 fully saturated rings. The number of carbonyl (C=O) groups is 2. The van der Waals surface area contributed by atoms with Crippen LogP contribution in [0.4, 0.5) is 5.69 Å². The van der Waals surface area contributed by atoms with E-state index in [1.165, 1.54) is 23.8 Å². The zero-order chi connectivity index (χ0) is 23.3. The number of aliphatic imine (C=N–C) groups is 1. The minimum Gasteiger partial charge on any atom is -0.493 e. The predicted molar refractivity (Wildman–Crippen MR) is 135 cm³/mol. The Labute approximate surface area is 204 Å². The second-order valence-corrected chi connectivity index (χ2v) is 8.71. The number of likely N-dealkylation sites (N-methyl/N-ethyl adjacent to an activating group) is 1. The molecule has 1 aliphatic rings. The molecule has 0 saturated carbocycles. The molecule has 9 heteroatoms. The Bertz CT molecular complexity index is 1110. The number of ether oxygens (including phenoxy) is 3. The number of benzene rings is 2. The van der Waals surface area contributed by atoms with Crippen molar-refractivity contribution in [3.8, 4) is 11.5 Å². The van der Waals surface area contributed by atoms with E-state index in [-0.39, 0.29) is 5.91 Å². The van der Waals surface area contributed by atoms with E-state index in [2.05, 4.69) is 34.2 Å². The van der Waals surface area contributed by atoms with Gasteiger partial charge >= 0.3 is 5.97 Å². The number of nitrogens with zero attached hydrogens (tertiary/aromatic N) is 2. The normalized spacial score (nSPS) is 15.9. The quantitative estimate of drug-likeness (QED) is 0.207. The molecule has 1 aliphatic heterocycles. The molecule has 0 aliphatic carbocycles. The summed E-state index contributed by atoms with van der Waals surface area (Å²) in [5.41, 5.74) is 1.87. The molecule has 1 saturated heterocycles. The van der Waals surface area contributed by atoms with Gasteiger partial charge in [0.25, 0.3) is 5.91 Å². The smallest absolute Gasteiger partial charge is 0.337 e. The van der Waals surface area contributed by atoms with Gasteiger partial charge in [-0.3, -0.25) is 9.69 Å². The van der Waals surface area contributed by atoms with Gasteiger partial charge in [0, 0.05) is 7.05 Å². The van der Waals surface area contributed by atoms with Crippen LogP contribution in [0, 0.1) is 3.57 Å². The Balaban J connectivity index is 1.86. The van der Waals surface area contributed by atoms with Crippen molar-refractivity contribution in [1.82, 2.24) is 4.90 Å². The van der Waals surface area contributed by atoms with Gasteiger partial charge in [0.1, 0.15) is 6.61 Å². The lowest BCUT2D eigenvalue weighted by molar-refractivity contribution is -0.121. The van der Waals surface area contributed by atoms with E-state index in [0.29, 0.717) is 39.4 Å². The first kappa shape index (κ1) is 23.9. The highest BCUT2D eigenvalue weighted by Gasteiger charge is 2.30. The number of thioether (sulfide) groups is 1. The third kappa shape index (κ3) is 5.33. The Morgan fingerprint density at radius 1 is 1.25 bits per heavy atom. The Morgan fingerprint density at radius 2 is 1.97 bits per heavy atom. The van der Waals surface area contributed by atoms with Gasteiger partial charge in [0.05, 0.1) is 33.9 Å². The highest BCUT2D eigenvalue weighted by atomic mass is 127. The van der Waals surface area contributed by atoms with Crippen LogP contribution in [0.3, 0.4) is 0 Å². The van der Waals surface area contributed by atoms with Gasteiger partial charge in [-0.25, -0.2) is 9.79 Å². The van der Waals surface area contributed by atoms with Crippen LogP contribution in [0.15, 0.2) is 59.0 Å². The van der Waals surface area contributed by atoms with Crippen molar-refractivity contribution in [1.29, 1.82) is 0 Å². The van der Waals surface area contributed by atoms with Crippen molar-refractivity contribution in [2.75, 3.05) is 27.9 Å². The topological polar surface area (TPSA) is 77.4 Å². The number of hydrogen-bond acceptors (Lipinski definition) is 7. The van der Waals surface area contributed by atoms with E-state index in [1.807, 2.05) is 12.1 Å². The lowest BCUT2D eigenvalue weighted by Crippen LogP contribution is -2.23. The van der Waals surface area contributed by atoms with Crippen molar-refractivity contribution in [3.63, 3.8) is 0 Å². The zero-order valence-corrected chi connectivity index (χ0v) is 20.7. The van der Waals surface area contributed by atoms with Gasteiger partial charge in [0.2, 0.25) is 0 Å². The summed E-state index contributed by atoms with van der Waals surface area (Å²) in [6, 6.07) is 10.4. The van der Waals surface area contributed by atoms with Gasteiger partial charge in [-0.1, -0.05) is 12.7 Å². The summed E-state index contributed by atoms with van der Waals surface area (Å²) >= 11 is 3.45. The summed E-state index contributed by atoms with van der Waals surface area (Å²) in [6.07, 6.45) is 3.47. The molecule has 0 radical (unpaired) electrons. The SMILES string of the molecule is C=CCOc1c(I)cc(/C=C2\SC(=Nc3ccc(C(=O)OC)cc3)N(C)C2=O)cc1OC. The molecule has 0 N–H and O–H groups in total. The van der Waals surface area contributed by atoms with Crippen LogP contribution in [0.2, 0.25) is 0 Å². The summed E-state index contributed by atoms with van der Waals surface area (Å²) in [7, 11) is 4.58. The van der Waals surface area contributed by atoms with Crippen molar-refractivity contribution < 1.29 is 23.8 Å². The molecule has 2 aromatic carbocycles. The molecule has 0 spiro atoms. The van der Waals surface area contributed by atoms with Crippen LogP contribution in [-0.4, -0.2) is 49.8 Å². The first-order chi connectivity index (χ1) is 15.4. The van der Waals surface area contributed by atoms with E-state index in [0.717, 1.165) is 9.13 Å². The zero-order valence-electron chi connectivity index (χ0n) is 17.8. The van der Waals surface area contributed by atoms with Crippen molar-refractivity contribution in [3.05, 3.63) is 68.7 Å². The highest BCUT2D eigenvalue weighted by molar-refractivity contribution is 14.1. The van der Waals surface area contributed by atoms with Crippen LogP contribution in [0.25, 0.3) is 6.08 Å². The number of halogens is 1. The van der Waals surface area contributed by atoms with Crippen LogP contribution in [0.5, 0.6) is 11.5 Å². The summed E-state index contributed by atoms with van der Waals surface area (Å²) < 4.78 is 16.7. The molecule has 166 valence electrons. The molecule has 0 aromatic heterocycles. The van der Waals surface area contributed by atoms with Crippen LogP contribution in [0.1, 0.15) is 15.9 Å². The maximum absolute atomic E-state index is 12.8. The Morgan fingerprint density at radius 3 is 2.59 bits per heavy atom. The molecular weight excluding hydrogens is 543 g/mol. The second-order valence-electron chi connectivity index (χ2n) is 6.54. The largest absolute Gasteiger partial charge is 0.493 e. The van der Waals surface area contributed by atoms with Crippen molar-refractivity contribution >= 4 is 63.2 Å². The monoisotopic (exact) mass is 564 g/mol. The Kier molecular flexibility index (Phi) is 7.97. The first-order valence-corrected chi connectivity index (χ1v) is 11.3. The Hall–Kier alpha value is -2.79. The molecular formula is C23H21IN2O5S. The van der Waals surface area contributed by atoms with E-state index in [1.54, 1.807) is 50.6 Å². The van der Waals surface area contributed by atoms with Crippen molar-refractivity contribution in [2.24, 2.45) is 4.99 Å². The number of carbonyl (C=O) groups excluding carboxylic acids is 2. The number of methoxy groups -OCH3 is 2. The summed E-state index contributed by atoms with van der Waals surface area (Å²) in [4.78, 5) is 30.9. The minimum atomic E-state index is -0.414.